The zero-order valence-electron chi connectivity index (χ0n) is 11.1. The van der Waals surface area contributed by atoms with Crippen LogP contribution in [0.5, 0.6) is 0 Å². The molecule has 0 N–H and O–H groups in total. The Morgan fingerprint density at radius 2 is 1.90 bits per heavy atom. The van der Waals surface area contributed by atoms with Gasteiger partial charge in [-0.2, -0.15) is 0 Å². The molecule has 0 saturated carbocycles. The minimum absolute atomic E-state index is 0.0829. The van der Waals surface area contributed by atoms with Crippen LogP contribution in [0.15, 0.2) is 24.3 Å². The highest BCUT2D eigenvalue weighted by atomic mass is 19.1. The minimum atomic E-state index is -0.680. The lowest BCUT2D eigenvalue weighted by Crippen LogP contribution is -2.54. The third kappa shape index (κ3) is 3.01. The summed E-state index contributed by atoms with van der Waals surface area (Å²) in [5.74, 6) is -2.03. The highest BCUT2D eigenvalue weighted by molar-refractivity contribution is 6.35. The first-order valence-electron chi connectivity index (χ1n) is 6.28. The fourth-order valence-corrected chi connectivity index (χ4v) is 2.05. The van der Waals surface area contributed by atoms with E-state index in [1.807, 2.05) is 0 Å². The maximum absolute atomic E-state index is 13.4. The molecule has 0 aromatic heterocycles. The highest BCUT2D eigenvalue weighted by Gasteiger charge is 2.31. The third-order valence-corrected chi connectivity index (χ3v) is 3.23. The Labute approximate surface area is 116 Å². The summed E-state index contributed by atoms with van der Waals surface area (Å²) < 4.78 is 13.4. The lowest BCUT2D eigenvalue weighted by Gasteiger charge is -2.30. The van der Waals surface area contributed by atoms with Crippen LogP contribution in [0.25, 0.3) is 0 Å². The molecule has 0 bridgehead atoms. The van der Waals surface area contributed by atoms with Crippen LogP contribution in [0.4, 0.5) is 4.39 Å². The van der Waals surface area contributed by atoms with Crippen molar-refractivity contribution in [1.82, 2.24) is 9.80 Å². The molecule has 2 amide bonds. The van der Waals surface area contributed by atoms with Gasteiger partial charge in [0.15, 0.2) is 5.78 Å². The van der Waals surface area contributed by atoms with E-state index in [4.69, 9.17) is 0 Å². The molecule has 0 atom stereocenters. The SMILES string of the molecule is CN1CCN(CC(=O)Cc2ccccc2F)C(=O)C1=O. The van der Waals surface area contributed by atoms with Gasteiger partial charge < -0.3 is 9.80 Å². The molecule has 5 nitrogen and oxygen atoms in total. The number of hydrogen-bond acceptors (Lipinski definition) is 3. The molecule has 1 saturated heterocycles. The number of nitrogens with zero attached hydrogens (tertiary/aromatic N) is 2. The van der Waals surface area contributed by atoms with Crippen LogP contribution in [0.2, 0.25) is 0 Å². The van der Waals surface area contributed by atoms with Crippen LogP contribution >= 0.6 is 0 Å². The summed E-state index contributed by atoms with van der Waals surface area (Å²) in [7, 11) is 1.54. The molecule has 0 radical (unpaired) electrons. The minimum Gasteiger partial charge on any atom is -0.336 e. The van der Waals surface area contributed by atoms with E-state index in [0.717, 1.165) is 0 Å². The van der Waals surface area contributed by atoms with E-state index in [1.165, 1.54) is 21.9 Å². The monoisotopic (exact) mass is 278 g/mol. The van der Waals surface area contributed by atoms with Crippen molar-refractivity contribution in [2.24, 2.45) is 0 Å². The Morgan fingerprint density at radius 1 is 1.20 bits per heavy atom. The number of carbonyl (C=O) groups excluding carboxylic acids is 3. The van der Waals surface area contributed by atoms with Crippen molar-refractivity contribution in [1.29, 1.82) is 0 Å². The summed E-state index contributed by atoms with van der Waals surface area (Å²) in [5.41, 5.74) is 0.297. The van der Waals surface area contributed by atoms with E-state index >= 15 is 0 Å². The van der Waals surface area contributed by atoms with E-state index in [9.17, 15) is 18.8 Å². The van der Waals surface area contributed by atoms with Gasteiger partial charge in [0.25, 0.3) is 0 Å². The van der Waals surface area contributed by atoms with Crippen molar-refractivity contribution in [2.45, 2.75) is 6.42 Å². The molecule has 0 spiro atoms. The lowest BCUT2D eigenvalue weighted by atomic mass is 10.1. The zero-order chi connectivity index (χ0) is 14.7. The van der Waals surface area contributed by atoms with Gasteiger partial charge in [-0.25, -0.2) is 4.39 Å². The molecule has 6 heteroatoms. The van der Waals surface area contributed by atoms with Gasteiger partial charge in [-0.05, 0) is 11.6 Å². The second-order valence-corrected chi connectivity index (χ2v) is 4.76. The standard InChI is InChI=1S/C14H15FN2O3/c1-16-6-7-17(14(20)13(16)19)9-11(18)8-10-4-2-3-5-12(10)15/h2-5H,6-9H2,1H3. The van der Waals surface area contributed by atoms with E-state index in [1.54, 1.807) is 19.2 Å². The maximum Gasteiger partial charge on any atom is 0.312 e. The van der Waals surface area contributed by atoms with Gasteiger partial charge in [0, 0.05) is 26.6 Å². The van der Waals surface area contributed by atoms with Gasteiger partial charge in [0.1, 0.15) is 5.82 Å². The summed E-state index contributed by atoms with van der Waals surface area (Å²) >= 11 is 0. The number of hydrogen-bond donors (Lipinski definition) is 0. The topological polar surface area (TPSA) is 57.7 Å². The zero-order valence-corrected chi connectivity index (χ0v) is 11.1. The van der Waals surface area contributed by atoms with Gasteiger partial charge in [-0.15, -0.1) is 0 Å². The number of benzene rings is 1. The molecule has 2 rings (SSSR count). The molecule has 1 aliphatic rings. The van der Waals surface area contributed by atoms with Crippen molar-refractivity contribution in [3.63, 3.8) is 0 Å². The van der Waals surface area contributed by atoms with Crippen LogP contribution in [0.3, 0.4) is 0 Å². The molecule has 0 aliphatic carbocycles. The van der Waals surface area contributed by atoms with E-state index in [2.05, 4.69) is 0 Å². The van der Waals surface area contributed by atoms with Crippen molar-refractivity contribution in [2.75, 3.05) is 26.7 Å². The summed E-state index contributed by atoms with van der Waals surface area (Å²) in [5, 5.41) is 0. The molecular weight excluding hydrogens is 263 g/mol. The van der Waals surface area contributed by atoms with E-state index < -0.39 is 17.6 Å². The Morgan fingerprint density at radius 3 is 2.60 bits per heavy atom. The average molecular weight is 278 g/mol. The van der Waals surface area contributed by atoms with Gasteiger partial charge in [0.05, 0.1) is 6.54 Å². The Bertz CT molecular complexity index is 559. The molecule has 106 valence electrons. The van der Waals surface area contributed by atoms with E-state index in [0.29, 0.717) is 18.7 Å². The predicted octanol–water partition coefficient (Wildman–Crippen LogP) is 0.238. The molecule has 1 fully saturated rings. The second kappa shape index (κ2) is 5.81. The van der Waals surface area contributed by atoms with Crippen LogP contribution in [-0.4, -0.2) is 54.1 Å². The number of piperazine rings is 1. The number of Topliss-reactive ketones (excluding diaryl/α,β-unsaturated/α-hetero) is 1. The van der Waals surface area contributed by atoms with Gasteiger partial charge in [0.2, 0.25) is 0 Å². The summed E-state index contributed by atoms with van der Waals surface area (Å²) in [6.07, 6.45) is -0.0829. The number of carbonyl (C=O) groups is 3. The van der Waals surface area contributed by atoms with Crippen LogP contribution in [-0.2, 0) is 20.8 Å². The fraction of sp³-hybridized carbons (Fsp3) is 0.357. The summed E-state index contributed by atoms with van der Waals surface area (Å²) in [6.45, 7) is 0.564. The molecule has 1 aromatic carbocycles. The smallest absolute Gasteiger partial charge is 0.312 e. The Kier molecular flexibility index (Phi) is 4.12. The van der Waals surface area contributed by atoms with Crippen molar-refractivity contribution >= 4 is 17.6 Å². The number of halogens is 1. The Hall–Kier alpha value is -2.24. The number of ketones is 1. The number of rotatable bonds is 4. The molecule has 0 unspecified atom stereocenters. The highest BCUT2D eigenvalue weighted by Crippen LogP contribution is 2.09. The molecule has 1 aliphatic heterocycles. The van der Waals surface area contributed by atoms with Crippen LogP contribution in [0, 0.1) is 5.82 Å². The summed E-state index contributed by atoms with van der Waals surface area (Å²) in [6, 6.07) is 6.01. The quantitative estimate of drug-likeness (QED) is 0.741. The van der Waals surface area contributed by atoms with Crippen molar-refractivity contribution in [3.05, 3.63) is 35.6 Å². The predicted molar refractivity (Wildman–Crippen MR) is 69.3 cm³/mol. The molecule has 1 aromatic rings. The number of amides is 2. The Balaban J connectivity index is 1.97. The molecule has 1 heterocycles. The largest absolute Gasteiger partial charge is 0.336 e. The van der Waals surface area contributed by atoms with Crippen LogP contribution in [0.1, 0.15) is 5.56 Å². The second-order valence-electron chi connectivity index (χ2n) is 4.76. The van der Waals surface area contributed by atoms with E-state index in [-0.39, 0.29) is 18.7 Å². The van der Waals surface area contributed by atoms with Crippen LogP contribution < -0.4 is 0 Å². The number of likely N-dealkylation sites (N-methyl/N-ethyl adjacent to an activating group) is 1. The first-order chi connectivity index (χ1) is 9.49. The first kappa shape index (κ1) is 14.2. The molecule has 20 heavy (non-hydrogen) atoms. The molecular formula is C14H15FN2O3. The third-order valence-electron chi connectivity index (χ3n) is 3.23. The maximum atomic E-state index is 13.4. The van der Waals surface area contributed by atoms with Gasteiger partial charge in [-0.1, -0.05) is 18.2 Å². The normalized spacial score (nSPS) is 15.7. The average Bonchev–Trinajstić information content (AvgIpc) is 2.42. The van der Waals surface area contributed by atoms with Crippen molar-refractivity contribution < 1.29 is 18.8 Å². The van der Waals surface area contributed by atoms with Gasteiger partial charge >= 0.3 is 11.8 Å². The van der Waals surface area contributed by atoms with Crippen molar-refractivity contribution in [3.8, 4) is 0 Å². The van der Waals surface area contributed by atoms with Gasteiger partial charge in [-0.3, -0.25) is 14.4 Å². The lowest BCUT2D eigenvalue weighted by molar-refractivity contribution is -0.155. The summed E-state index contributed by atoms with van der Waals surface area (Å²) in [4.78, 5) is 37.6. The first-order valence-corrected chi connectivity index (χ1v) is 6.28. The fourth-order valence-electron chi connectivity index (χ4n) is 2.05.